The largest absolute Gasteiger partial charge is 0.389 e. The number of aryl methyl sites for hydroxylation is 3. The Morgan fingerprint density at radius 3 is 2.56 bits per heavy atom. The van der Waals surface area contributed by atoms with Crippen molar-refractivity contribution >= 4 is 17.2 Å². The van der Waals surface area contributed by atoms with Crippen molar-refractivity contribution in [3.63, 3.8) is 0 Å². The number of aliphatic hydroxyl groups excluding tert-OH is 1. The second-order valence-corrected chi connectivity index (χ2v) is 6.21. The molecule has 0 atom stereocenters. The van der Waals surface area contributed by atoms with Crippen LogP contribution in [-0.2, 0) is 13.0 Å². The van der Waals surface area contributed by atoms with Gasteiger partial charge in [0.05, 0.1) is 13.2 Å². The van der Waals surface area contributed by atoms with Gasteiger partial charge in [-0.1, -0.05) is 31.2 Å². The minimum absolute atomic E-state index is 0.545. The Morgan fingerprint density at radius 2 is 1.92 bits per heavy atom. The molecule has 0 saturated carbocycles. The normalized spacial score (nSPS) is 12.1. The molecule has 0 radical (unpaired) electrons. The second-order valence-electron chi connectivity index (χ2n) is 6.21. The van der Waals surface area contributed by atoms with Crippen molar-refractivity contribution in [1.82, 2.24) is 14.5 Å². The Balaban J connectivity index is 1.97. The molecule has 2 heterocycles. The molecule has 0 unspecified atom stereocenters. The van der Waals surface area contributed by atoms with Crippen LogP contribution in [0.1, 0.15) is 35.1 Å². The molecule has 0 bridgehead atoms. The van der Waals surface area contributed by atoms with Crippen LogP contribution < -0.4 is 0 Å². The Hall–Kier alpha value is -2.53. The van der Waals surface area contributed by atoms with Gasteiger partial charge in [0.1, 0.15) is 17.2 Å². The molecule has 25 heavy (non-hydrogen) atoms. The first-order chi connectivity index (χ1) is 12.0. The Bertz CT molecular complexity index is 926. The zero-order chi connectivity index (χ0) is 18.0. The molecule has 0 aliphatic rings. The first-order valence-electron chi connectivity index (χ1n) is 8.41. The maximum Gasteiger partial charge on any atom is 0.160 e. The summed E-state index contributed by atoms with van der Waals surface area (Å²) in [5.41, 5.74) is 5.80. The van der Waals surface area contributed by atoms with E-state index in [-0.39, 0.29) is 0 Å². The van der Waals surface area contributed by atoms with Crippen LogP contribution in [0.4, 0.5) is 4.39 Å². The average molecular weight is 339 g/mol. The van der Waals surface area contributed by atoms with Crippen LogP contribution in [0.15, 0.2) is 36.2 Å². The van der Waals surface area contributed by atoms with E-state index in [2.05, 4.69) is 29.5 Å². The molecular formula is C20H22FN3O. The fourth-order valence-corrected chi connectivity index (χ4v) is 3.01. The van der Waals surface area contributed by atoms with Gasteiger partial charge in [-0.05, 0) is 42.7 Å². The topological polar surface area (TPSA) is 50.9 Å². The Labute approximate surface area is 146 Å². The van der Waals surface area contributed by atoms with E-state index in [0.29, 0.717) is 6.54 Å². The van der Waals surface area contributed by atoms with Gasteiger partial charge in [-0.25, -0.2) is 14.4 Å². The minimum atomic E-state index is -0.576. The molecule has 1 N–H and O–H groups in total. The number of imidazole rings is 1. The molecule has 0 aliphatic heterocycles. The van der Waals surface area contributed by atoms with Crippen LogP contribution >= 0.6 is 0 Å². The van der Waals surface area contributed by atoms with Gasteiger partial charge in [0.2, 0.25) is 0 Å². The van der Waals surface area contributed by atoms with E-state index in [9.17, 15) is 4.39 Å². The molecule has 3 rings (SSSR count). The number of nitrogens with zero attached hydrogens (tertiary/aromatic N) is 3. The lowest BCUT2D eigenvalue weighted by atomic mass is 10.1. The fraction of sp³-hybridized carbons (Fsp3) is 0.300. The number of hydrogen-bond donors (Lipinski definition) is 1. The van der Waals surface area contributed by atoms with Gasteiger partial charge < -0.3 is 9.67 Å². The number of aliphatic hydroxyl groups is 1. The third-order valence-corrected chi connectivity index (χ3v) is 4.21. The lowest BCUT2D eigenvalue weighted by molar-refractivity contribution is 0.300. The number of pyridine rings is 1. The fourth-order valence-electron chi connectivity index (χ4n) is 3.01. The maximum atomic E-state index is 13.2. The standard InChI is InChI=1S/C20H22FN3O/c1-4-18-23-19-13(2)9-14(3)22-20(19)24(18)11-16-7-5-15(6-8-16)10-17(21)12-25/h5-10,25H,4,11-12H2,1-3H3/b17-10+. The van der Waals surface area contributed by atoms with E-state index in [4.69, 9.17) is 10.1 Å². The lowest BCUT2D eigenvalue weighted by Crippen LogP contribution is -2.05. The highest BCUT2D eigenvalue weighted by Crippen LogP contribution is 2.21. The summed E-state index contributed by atoms with van der Waals surface area (Å²) in [6.07, 6.45) is 2.17. The van der Waals surface area contributed by atoms with Crippen LogP contribution in [0.2, 0.25) is 0 Å². The van der Waals surface area contributed by atoms with Crippen molar-refractivity contribution in [2.45, 2.75) is 33.7 Å². The third-order valence-electron chi connectivity index (χ3n) is 4.21. The zero-order valence-electron chi connectivity index (χ0n) is 14.8. The number of fused-ring (bicyclic) bond motifs is 1. The Kier molecular flexibility index (Phi) is 4.95. The van der Waals surface area contributed by atoms with Gasteiger partial charge in [-0.15, -0.1) is 0 Å². The van der Waals surface area contributed by atoms with Crippen molar-refractivity contribution in [2.24, 2.45) is 0 Å². The monoisotopic (exact) mass is 339 g/mol. The highest BCUT2D eigenvalue weighted by atomic mass is 19.1. The van der Waals surface area contributed by atoms with Gasteiger partial charge in [0.25, 0.3) is 0 Å². The second kappa shape index (κ2) is 7.15. The molecule has 0 fully saturated rings. The van der Waals surface area contributed by atoms with E-state index >= 15 is 0 Å². The van der Waals surface area contributed by atoms with Crippen molar-refractivity contribution < 1.29 is 9.50 Å². The summed E-state index contributed by atoms with van der Waals surface area (Å²) in [6.45, 7) is 6.23. The van der Waals surface area contributed by atoms with Gasteiger partial charge in [0.15, 0.2) is 5.65 Å². The summed E-state index contributed by atoms with van der Waals surface area (Å²) in [4.78, 5) is 9.43. The molecule has 5 heteroatoms. The number of benzene rings is 1. The zero-order valence-corrected chi connectivity index (χ0v) is 14.8. The lowest BCUT2D eigenvalue weighted by Gasteiger charge is -2.09. The summed E-state index contributed by atoms with van der Waals surface area (Å²) in [6, 6.07) is 9.67. The van der Waals surface area contributed by atoms with E-state index in [1.54, 1.807) is 0 Å². The number of rotatable bonds is 5. The highest BCUT2D eigenvalue weighted by Gasteiger charge is 2.13. The molecule has 4 nitrogen and oxygen atoms in total. The SMILES string of the molecule is CCc1nc2c(C)cc(C)nc2n1Cc1ccc(/C=C(/F)CO)cc1. The van der Waals surface area contributed by atoms with Crippen LogP contribution in [0.5, 0.6) is 0 Å². The summed E-state index contributed by atoms with van der Waals surface area (Å²) < 4.78 is 15.3. The smallest absolute Gasteiger partial charge is 0.160 e. The third kappa shape index (κ3) is 3.61. The first-order valence-corrected chi connectivity index (χ1v) is 8.41. The molecule has 0 spiro atoms. The molecule has 2 aromatic heterocycles. The number of hydrogen-bond acceptors (Lipinski definition) is 3. The predicted molar refractivity (Wildman–Crippen MR) is 98.1 cm³/mol. The molecule has 1 aromatic carbocycles. The average Bonchev–Trinajstić information content (AvgIpc) is 2.94. The quantitative estimate of drug-likeness (QED) is 0.765. The Morgan fingerprint density at radius 1 is 1.20 bits per heavy atom. The van der Waals surface area contributed by atoms with Crippen LogP contribution in [0, 0.1) is 13.8 Å². The summed E-state index contributed by atoms with van der Waals surface area (Å²) in [5.74, 6) is 0.461. The molecule has 130 valence electrons. The van der Waals surface area contributed by atoms with Crippen molar-refractivity contribution in [1.29, 1.82) is 0 Å². The molecule has 0 amide bonds. The molecule has 0 saturated heterocycles. The summed E-state index contributed by atoms with van der Waals surface area (Å²) in [7, 11) is 0. The van der Waals surface area contributed by atoms with Crippen molar-refractivity contribution in [2.75, 3.05) is 6.61 Å². The highest BCUT2D eigenvalue weighted by molar-refractivity contribution is 5.76. The first kappa shape index (κ1) is 17.3. The van der Waals surface area contributed by atoms with Gasteiger partial charge in [-0.3, -0.25) is 0 Å². The van der Waals surface area contributed by atoms with Gasteiger partial charge >= 0.3 is 0 Å². The molecule has 0 aliphatic carbocycles. The van der Waals surface area contributed by atoms with Gasteiger partial charge in [-0.2, -0.15) is 0 Å². The van der Waals surface area contributed by atoms with Crippen molar-refractivity contribution in [3.8, 4) is 0 Å². The number of halogens is 1. The van der Waals surface area contributed by atoms with Crippen LogP contribution in [-0.4, -0.2) is 26.2 Å². The summed E-state index contributed by atoms with van der Waals surface area (Å²) >= 11 is 0. The molecule has 3 aromatic rings. The van der Waals surface area contributed by atoms with Crippen molar-refractivity contribution in [3.05, 3.63) is 64.4 Å². The van der Waals surface area contributed by atoms with E-state index in [1.165, 1.54) is 6.08 Å². The summed E-state index contributed by atoms with van der Waals surface area (Å²) in [5, 5.41) is 8.76. The minimum Gasteiger partial charge on any atom is -0.389 e. The maximum absolute atomic E-state index is 13.2. The van der Waals surface area contributed by atoms with E-state index in [1.807, 2.05) is 31.2 Å². The molecular weight excluding hydrogens is 317 g/mol. The van der Waals surface area contributed by atoms with Crippen LogP contribution in [0.3, 0.4) is 0 Å². The van der Waals surface area contributed by atoms with Crippen LogP contribution in [0.25, 0.3) is 17.2 Å². The number of aromatic nitrogens is 3. The van der Waals surface area contributed by atoms with Gasteiger partial charge in [0, 0.05) is 12.1 Å². The van der Waals surface area contributed by atoms with E-state index < -0.39 is 12.4 Å². The van der Waals surface area contributed by atoms with E-state index in [0.717, 1.165) is 45.8 Å². The predicted octanol–water partition coefficient (Wildman–Crippen LogP) is 3.96.